The Bertz CT molecular complexity index is 1900. The zero-order chi connectivity index (χ0) is 36.9. The molecule has 3 heterocycles. The second kappa shape index (κ2) is 13.9. The summed E-state index contributed by atoms with van der Waals surface area (Å²) in [5, 5.41) is 1.11. The molecule has 51 heavy (non-hydrogen) atoms. The molecule has 11 nitrogen and oxygen atoms in total. The second-order valence-corrected chi connectivity index (χ2v) is 17.9. The van der Waals surface area contributed by atoms with E-state index in [1.54, 1.807) is 19.2 Å². The van der Waals surface area contributed by atoms with Gasteiger partial charge in [-0.15, -0.1) is 6.58 Å². The van der Waals surface area contributed by atoms with Crippen molar-refractivity contribution in [3.63, 3.8) is 0 Å². The lowest BCUT2D eigenvalue weighted by Gasteiger charge is -2.35. The number of amides is 2. The van der Waals surface area contributed by atoms with Gasteiger partial charge in [0, 0.05) is 42.7 Å². The number of carbonyl (C=O) groups is 4. The van der Waals surface area contributed by atoms with Crippen molar-refractivity contribution in [2.24, 2.45) is 28.6 Å². The van der Waals surface area contributed by atoms with Gasteiger partial charge in [0.15, 0.2) is 5.78 Å². The van der Waals surface area contributed by atoms with Crippen molar-refractivity contribution < 1.29 is 37.1 Å². The number of benzene rings is 1. The Labute approximate surface area is 300 Å². The van der Waals surface area contributed by atoms with Gasteiger partial charge in [-0.25, -0.2) is 13.4 Å². The van der Waals surface area contributed by atoms with Crippen molar-refractivity contribution in [3.05, 3.63) is 54.3 Å². The number of nitrogens with zero attached hydrogens (tertiary/aromatic N) is 2. The molecule has 1 aromatic heterocycles. The van der Waals surface area contributed by atoms with Crippen LogP contribution in [0.4, 0.5) is 0 Å². The lowest BCUT2D eigenvalue weighted by atomic mass is 9.75. The summed E-state index contributed by atoms with van der Waals surface area (Å²) in [4.78, 5) is 62.2. The number of sulfonamides is 1. The number of pyridine rings is 1. The normalized spacial score (nSPS) is 29.6. The smallest absolute Gasteiger partial charge is 0.240 e. The minimum Gasteiger partial charge on any atom is -0.472 e. The van der Waals surface area contributed by atoms with E-state index in [9.17, 15) is 27.6 Å². The van der Waals surface area contributed by atoms with Crippen molar-refractivity contribution in [3.8, 4) is 5.88 Å². The van der Waals surface area contributed by atoms with Crippen molar-refractivity contribution in [1.82, 2.24) is 14.6 Å². The van der Waals surface area contributed by atoms with Crippen LogP contribution in [0.5, 0.6) is 5.88 Å². The minimum absolute atomic E-state index is 0.0276. The van der Waals surface area contributed by atoms with Crippen LogP contribution in [0, 0.1) is 35.5 Å². The van der Waals surface area contributed by atoms with Crippen LogP contribution in [0.1, 0.15) is 77.3 Å². The van der Waals surface area contributed by atoms with Crippen LogP contribution in [-0.2, 0) is 33.9 Å². The highest BCUT2D eigenvalue weighted by Gasteiger charge is 2.61. The predicted molar refractivity (Wildman–Crippen MR) is 193 cm³/mol. The molecule has 2 amide bonds. The number of hydrogen-bond donors (Lipinski definition) is 1. The number of ketones is 2. The molecule has 1 N–H and O–H groups in total. The summed E-state index contributed by atoms with van der Waals surface area (Å²) >= 11 is 0. The minimum atomic E-state index is -3.84. The first kappa shape index (κ1) is 36.9. The number of ether oxygens (including phenoxy) is 2. The monoisotopic (exact) mass is 719 g/mol. The Kier molecular flexibility index (Phi) is 10.1. The molecule has 3 fully saturated rings. The first-order chi connectivity index (χ1) is 24.0. The number of hydrogen-bond acceptors (Lipinski definition) is 9. The first-order valence-electron chi connectivity index (χ1n) is 17.9. The molecule has 2 aliphatic heterocycles. The van der Waals surface area contributed by atoms with Crippen LogP contribution in [0.15, 0.2) is 43.1 Å². The number of fused-ring (bicyclic) bond motifs is 3. The van der Waals surface area contributed by atoms with E-state index in [-0.39, 0.29) is 62.2 Å². The lowest BCUT2D eigenvalue weighted by molar-refractivity contribution is -0.147. The second-order valence-electron chi connectivity index (χ2n) is 16.0. The number of nitrogens with one attached hydrogen (secondary N) is 1. The zero-order valence-corrected chi connectivity index (χ0v) is 31.0. The van der Waals surface area contributed by atoms with Gasteiger partial charge >= 0.3 is 0 Å². The highest BCUT2D eigenvalue weighted by Crippen LogP contribution is 2.57. The molecule has 2 saturated carbocycles. The summed E-state index contributed by atoms with van der Waals surface area (Å²) in [6.45, 7) is 13.9. The van der Waals surface area contributed by atoms with Gasteiger partial charge in [-0.05, 0) is 66.2 Å². The lowest BCUT2D eigenvalue weighted by Crippen LogP contribution is -2.49. The number of aromatic nitrogens is 1. The number of Topliss-reactive ketones (excluding diaryl/α,β-unsaturated/α-hetero) is 2. The summed E-state index contributed by atoms with van der Waals surface area (Å²) in [7, 11) is -3.84. The molecule has 6 rings (SSSR count). The van der Waals surface area contributed by atoms with Crippen LogP contribution in [0.2, 0.25) is 0 Å². The molecule has 274 valence electrons. The fourth-order valence-electron chi connectivity index (χ4n) is 7.44. The molecule has 6 atom stereocenters. The first-order valence-corrected chi connectivity index (χ1v) is 19.4. The molecule has 2 aliphatic carbocycles. The van der Waals surface area contributed by atoms with Crippen molar-refractivity contribution in [1.29, 1.82) is 0 Å². The summed E-state index contributed by atoms with van der Waals surface area (Å²) in [6, 6.07) is 4.99. The molecule has 1 saturated heterocycles. The quantitative estimate of drug-likeness (QED) is 0.393. The highest BCUT2D eigenvalue weighted by molar-refractivity contribution is 7.90. The molecule has 4 bridgehead atoms. The Morgan fingerprint density at radius 3 is 2.61 bits per heavy atom. The van der Waals surface area contributed by atoms with Crippen LogP contribution < -0.4 is 9.46 Å². The molecule has 1 aromatic carbocycles. The van der Waals surface area contributed by atoms with Crippen LogP contribution in [-0.4, -0.2) is 78.8 Å². The fraction of sp³-hybridized carbons (Fsp3) is 0.564. The Hall–Kier alpha value is -3.90. The van der Waals surface area contributed by atoms with E-state index >= 15 is 0 Å². The zero-order valence-electron chi connectivity index (χ0n) is 30.1. The summed E-state index contributed by atoms with van der Waals surface area (Å²) in [5.41, 5.74) is 0.102. The molecule has 0 unspecified atom stereocenters. The maximum atomic E-state index is 14.6. The molecule has 0 spiro atoms. The Morgan fingerprint density at radius 1 is 1.20 bits per heavy atom. The van der Waals surface area contributed by atoms with Crippen LogP contribution in [0.25, 0.3) is 16.8 Å². The number of carbonyl (C=O) groups excluding carboxylic acids is 4. The van der Waals surface area contributed by atoms with Gasteiger partial charge in [-0.2, -0.15) is 0 Å². The van der Waals surface area contributed by atoms with E-state index in [4.69, 9.17) is 9.47 Å². The third-order valence-electron chi connectivity index (χ3n) is 11.0. The standard InChI is InChI=1S/C39H49N3O8S/c1-7-27-19-39(27,37(46)41-51(47,48)29-10-11-29)20-34(44)32-17-28-21-42(32)36(45)31(38(4,5)6)18-33(43)24(3)22-49-14-8-9-25-16-30-26(15-23(25)2)12-13-40-35(30)50-28/h7-9,12-13,15-16,24,27-29,31-32H,1,10-11,14,17-22H2,2-6H3,(H,41,46)/b9-8+/t24-,27+,28+,31+,32-,39+/m0/s1. The maximum absolute atomic E-state index is 14.6. The maximum Gasteiger partial charge on any atom is 0.240 e. The van der Waals surface area contributed by atoms with Gasteiger partial charge in [0.05, 0.1) is 36.5 Å². The van der Waals surface area contributed by atoms with Gasteiger partial charge in [0.25, 0.3) is 0 Å². The molecule has 4 aliphatic rings. The summed E-state index contributed by atoms with van der Waals surface area (Å²) < 4.78 is 40.1. The number of allylic oxidation sites excluding steroid dienone is 1. The van der Waals surface area contributed by atoms with Crippen LogP contribution >= 0.6 is 0 Å². The highest BCUT2D eigenvalue weighted by atomic mass is 32.2. The Morgan fingerprint density at radius 2 is 1.94 bits per heavy atom. The van der Waals surface area contributed by atoms with E-state index in [1.807, 2.05) is 58.0 Å². The summed E-state index contributed by atoms with van der Waals surface area (Å²) in [6.07, 6.45) is 7.64. The average molecular weight is 720 g/mol. The van der Waals surface area contributed by atoms with Crippen molar-refractivity contribution in [2.75, 3.05) is 19.8 Å². The van der Waals surface area contributed by atoms with Gasteiger partial charge in [-0.3, -0.25) is 23.9 Å². The molecule has 0 radical (unpaired) electrons. The molecule has 12 heteroatoms. The van der Waals surface area contributed by atoms with E-state index in [2.05, 4.69) is 16.3 Å². The predicted octanol–water partition coefficient (Wildman–Crippen LogP) is 4.95. The SMILES string of the molecule is C=C[C@@H]1C[C@]1(CC(=O)[C@@H]1C[C@@H]2CN1C(=O)[C@H](C(C)(C)C)CC(=O)[C@@H](C)COC/C=C/c1cc3c(nccc3cc1C)O2)C(=O)NS(=O)(=O)C1CC1. The van der Waals surface area contributed by atoms with Crippen LogP contribution in [0.3, 0.4) is 0 Å². The number of aryl methyl sites for hydroxylation is 1. The fourth-order valence-corrected chi connectivity index (χ4v) is 8.83. The van der Waals surface area contributed by atoms with Gasteiger partial charge in [-0.1, -0.05) is 52.0 Å². The molecular weight excluding hydrogens is 671 g/mol. The largest absolute Gasteiger partial charge is 0.472 e. The van der Waals surface area contributed by atoms with Crippen molar-refractivity contribution in [2.45, 2.75) is 90.5 Å². The molecule has 2 aromatic rings. The summed E-state index contributed by atoms with van der Waals surface area (Å²) in [5.74, 6) is -2.73. The Balaban J connectivity index is 1.36. The van der Waals surface area contributed by atoms with Gasteiger partial charge in [0.1, 0.15) is 11.9 Å². The van der Waals surface area contributed by atoms with E-state index < -0.39 is 56.0 Å². The average Bonchev–Trinajstić information content (AvgIpc) is 3.99. The topological polar surface area (TPSA) is 149 Å². The van der Waals surface area contributed by atoms with E-state index in [1.165, 1.54) is 4.90 Å². The van der Waals surface area contributed by atoms with Crippen molar-refractivity contribution >= 4 is 50.3 Å². The third kappa shape index (κ3) is 7.67. The van der Waals surface area contributed by atoms with E-state index in [0.717, 1.165) is 21.9 Å². The number of rotatable bonds is 7. The van der Waals surface area contributed by atoms with Gasteiger partial charge in [0.2, 0.25) is 27.7 Å². The molecular formula is C39H49N3O8S. The van der Waals surface area contributed by atoms with E-state index in [0.29, 0.717) is 25.3 Å². The van der Waals surface area contributed by atoms with Gasteiger partial charge < -0.3 is 14.4 Å². The third-order valence-corrected chi connectivity index (χ3v) is 12.9.